The lowest BCUT2D eigenvalue weighted by Crippen LogP contribution is -2.48. The number of amides is 1. The van der Waals surface area contributed by atoms with Gasteiger partial charge in [-0.3, -0.25) is 4.79 Å². The lowest BCUT2D eigenvalue weighted by molar-refractivity contribution is -0.150. The molecule has 3 unspecified atom stereocenters. The van der Waals surface area contributed by atoms with E-state index >= 15 is 0 Å². The maximum atomic E-state index is 12.9. The second-order valence-electron chi connectivity index (χ2n) is 6.56. The minimum absolute atomic E-state index is 0. The van der Waals surface area contributed by atoms with E-state index in [0.29, 0.717) is 18.2 Å². The Balaban J connectivity index is 0.00000161. The van der Waals surface area contributed by atoms with Gasteiger partial charge in [0.15, 0.2) is 0 Å². The zero-order valence-corrected chi connectivity index (χ0v) is 13.9. The fourth-order valence-electron chi connectivity index (χ4n) is 4.09. The van der Waals surface area contributed by atoms with Gasteiger partial charge in [-0.2, -0.15) is 0 Å². The predicted octanol–water partition coefficient (Wildman–Crippen LogP) is 2.50. The van der Waals surface area contributed by atoms with Gasteiger partial charge >= 0.3 is 0 Å². The Morgan fingerprint density at radius 1 is 1.19 bits per heavy atom. The first-order valence-electron chi connectivity index (χ1n) is 8.48. The fourth-order valence-corrected chi connectivity index (χ4v) is 4.09. The van der Waals surface area contributed by atoms with Crippen LogP contribution in [0.4, 0.5) is 0 Å². The Labute approximate surface area is 134 Å². The van der Waals surface area contributed by atoms with Crippen molar-refractivity contribution < 1.29 is 9.53 Å². The van der Waals surface area contributed by atoms with Crippen molar-refractivity contribution >= 4 is 18.3 Å². The van der Waals surface area contributed by atoms with Crippen LogP contribution in [0.1, 0.15) is 58.3 Å². The second kappa shape index (κ2) is 7.80. The molecule has 1 N–H and O–H groups in total. The summed E-state index contributed by atoms with van der Waals surface area (Å²) in [6, 6.07) is 0.847. The monoisotopic (exact) mass is 316 g/mol. The van der Waals surface area contributed by atoms with Gasteiger partial charge < -0.3 is 15.0 Å². The number of rotatable bonds is 4. The molecule has 3 atom stereocenters. The van der Waals surface area contributed by atoms with Crippen LogP contribution in [0.3, 0.4) is 0 Å². The van der Waals surface area contributed by atoms with Crippen LogP contribution in [-0.2, 0) is 9.53 Å². The summed E-state index contributed by atoms with van der Waals surface area (Å²) in [6.07, 6.45) is 9.15. The highest BCUT2D eigenvalue weighted by atomic mass is 35.5. The van der Waals surface area contributed by atoms with Gasteiger partial charge in [0.1, 0.15) is 6.10 Å². The topological polar surface area (TPSA) is 41.6 Å². The van der Waals surface area contributed by atoms with Crippen molar-refractivity contribution in [1.82, 2.24) is 10.2 Å². The molecule has 2 heterocycles. The zero-order chi connectivity index (χ0) is 13.9. The van der Waals surface area contributed by atoms with Crippen LogP contribution in [0.15, 0.2) is 0 Å². The van der Waals surface area contributed by atoms with Crippen LogP contribution in [0.2, 0.25) is 0 Å². The number of carbonyl (C=O) groups excluding carboxylic acids is 1. The van der Waals surface area contributed by atoms with Crippen molar-refractivity contribution in [1.29, 1.82) is 0 Å². The van der Waals surface area contributed by atoms with E-state index < -0.39 is 0 Å². The molecular weight excluding hydrogens is 288 g/mol. The molecule has 2 saturated heterocycles. The highest BCUT2D eigenvalue weighted by Gasteiger charge is 2.40. The molecule has 1 amide bonds. The van der Waals surface area contributed by atoms with Gasteiger partial charge in [-0.25, -0.2) is 0 Å². The van der Waals surface area contributed by atoms with Gasteiger partial charge in [-0.1, -0.05) is 19.8 Å². The molecular formula is C16H29ClN2O2. The number of ether oxygens (including phenoxy) is 1. The van der Waals surface area contributed by atoms with Crippen molar-refractivity contribution in [2.75, 3.05) is 13.1 Å². The van der Waals surface area contributed by atoms with Gasteiger partial charge in [0.2, 0.25) is 0 Å². The summed E-state index contributed by atoms with van der Waals surface area (Å²) in [7, 11) is 0. The SMILES string of the molecule is CCC(OC1CCCC1)C(=O)N1C2CCNCC1CC2.Cl. The van der Waals surface area contributed by atoms with E-state index in [1.807, 2.05) is 0 Å². The third kappa shape index (κ3) is 3.72. The molecule has 3 aliphatic rings. The second-order valence-corrected chi connectivity index (χ2v) is 6.56. The van der Waals surface area contributed by atoms with E-state index in [1.165, 1.54) is 19.3 Å². The molecule has 21 heavy (non-hydrogen) atoms. The standard InChI is InChI=1S/C16H28N2O2.ClH/c1-2-15(20-14-5-3-4-6-14)16(19)18-12-7-8-13(18)11-17-10-9-12;/h12-15,17H,2-11H2,1H3;1H. The number of hydrogen-bond acceptors (Lipinski definition) is 3. The quantitative estimate of drug-likeness (QED) is 0.866. The number of carbonyl (C=O) groups is 1. The summed E-state index contributed by atoms with van der Waals surface area (Å²) in [5, 5.41) is 3.46. The number of nitrogens with one attached hydrogen (secondary N) is 1. The molecule has 122 valence electrons. The molecule has 3 rings (SSSR count). The molecule has 0 spiro atoms. The Morgan fingerprint density at radius 2 is 1.90 bits per heavy atom. The van der Waals surface area contributed by atoms with Crippen molar-refractivity contribution in [3.05, 3.63) is 0 Å². The number of fused-ring (bicyclic) bond motifs is 2. The highest BCUT2D eigenvalue weighted by Crippen LogP contribution is 2.30. The molecule has 0 aromatic carbocycles. The van der Waals surface area contributed by atoms with E-state index in [-0.39, 0.29) is 24.4 Å². The first-order chi connectivity index (χ1) is 9.79. The third-order valence-corrected chi connectivity index (χ3v) is 5.21. The maximum absolute atomic E-state index is 12.9. The van der Waals surface area contributed by atoms with Gasteiger partial charge in [-0.15, -0.1) is 12.4 Å². The predicted molar refractivity (Wildman–Crippen MR) is 85.8 cm³/mol. The zero-order valence-electron chi connectivity index (χ0n) is 13.1. The molecule has 0 aromatic rings. The largest absolute Gasteiger partial charge is 0.365 e. The minimum atomic E-state index is -0.209. The fraction of sp³-hybridized carbons (Fsp3) is 0.938. The smallest absolute Gasteiger partial charge is 0.252 e. The first-order valence-corrected chi connectivity index (χ1v) is 8.48. The van der Waals surface area contributed by atoms with Crippen LogP contribution in [0.25, 0.3) is 0 Å². The molecule has 2 aliphatic heterocycles. The van der Waals surface area contributed by atoms with Crippen LogP contribution in [-0.4, -0.2) is 48.2 Å². The molecule has 1 saturated carbocycles. The van der Waals surface area contributed by atoms with E-state index in [0.717, 1.165) is 45.2 Å². The van der Waals surface area contributed by atoms with Gasteiger partial charge in [0.25, 0.3) is 5.91 Å². The van der Waals surface area contributed by atoms with Crippen molar-refractivity contribution in [2.24, 2.45) is 0 Å². The third-order valence-electron chi connectivity index (χ3n) is 5.21. The molecule has 5 heteroatoms. The molecule has 0 aromatic heterocycles. The highest BCUT2D eigenvalue weighted by molar-refractivity contribution is 5.85. The van der Waals surface area contributed by atoms with Crippen molar-refractivity contribution in [2.45, 2.75) is 82.6 Å². The van der Waals surface area contributed by atoms with E-state index in [4.69, 9.17) is 4.74 Å². The Morgan fingerprint density at radius 3 is 2.62 bits per heavy atom. The Kier molecular flexibility index (Phi) is 6.33. The normalized spacial score (nSPS) is 30.8. The minimum Gasteiger partial charge on any atom is -0.365 e. The average molecular weight is 317 g/mol. The Bertz CT molecular complexity index is 333. The number of nitrogens with zero attached hydrogens (tertiary/aromatic N) is 1. The molecule has 4 nitrogen and oxygen atoms in total. The summed E-state index contributed by atoms with van der Waals surface area (Å²) in [5.74, 6) is 0.260. The number of hydrogen-bond donors (Lipinski definition) is 1. The Hall–Kier alpha value is -0.320. The van der Waals surface area contributed by atoms with Crippen LogP contribution < -0.4 is 5.32 Å². The van der Waals surface area contributed by atoms with Crippen molar-refractivity contribution in [3.63, 3.8) is 0 Å². The molecule has 1 aliphatic carbocycles. The summed E-state index contributed by atoms with van der Waals surface area (Å²) >= 11 is 0. The van der Waals surface area contributed by atoms with E-state index in [9.17, 15) is 4.79 Å². The van der Waals surface area contributed by atoms with Gasteiger partial charge in [-0.05, 0) is 45.1 Å². The maximum Gasteiger partial charge on any atom is 0.252 e. The van der Waals surface area contributed by atoms with Crippen LogP contribution >= 0.6 is 12.4 Å². The van der Waals surface area contributed by atoms with Crippen molar-refractivity contribution in [3.8, 4) is 0 Å². The summed E-state index contributed by atoms with van der Waals surface area (Å²) in [6.45, 7) is 4.09. The lowest BCUT2D eigenvalue weighted by atomic mass is 10.1. The molecule has 0 radical (unpaired) electrons. The van der Waals surface area contributed by atoms with Crippen LogP contribution in [0, 0.1) is 0 Å². The summed E-state index contributed by atoms with van der Waals surface area (Å²) in [5.41, 5.74) is 0. The van der Waals surface area contributed by atoms with E-state index in [2.05, 4.69) is 17.1 Å². The summed E-state index contributed by atoms with van der Waals surface area (Å²) < 4.78 is 6.13. The number of halogens is 1. The average Bonchev–Trinajstić information content (AvgIpc) is 3.02. The molecule has 2 bridgehead atoms. The lowest BCUT2D eigenvalue weighted by Gasteiger charge is -2.32. The van der Waals surface area contributed by atoms with Gasteiger partial charge in [0.05, 0.1) is 6.10 Å². The van der Waals surface area contributed by atoms with E-state index in [1.54, 1.807) is 0 Å². The first kappa shape index (κ1) is 17.0. The molecule has 3 fully saturated rings. The summed E-state index contributed by atoms with van der Waals surface area (Å²) in [4.78, 5) is 15.1. The van der Waals surface area contributed by atoms with Crippen LogP contribution in [0.5, 0.6) is 0 Å². The van der Waals surface area contributed by atoms with Gasteiger partial charge in [0, 0.05) is 18.6 Å².